The number of benzene rings is 1. The summed E-state index contributed by atoms with van der Waals surface area (Å²) in [5, 5.41) is 6.47. The summed E-state index contributed by atoms with van der Waals surface area (Å²) in [6.07, 6.45) is 3.62. The van der Waals surface area contributed by atoms with Crippen LogP contribution in [-0.4, -0.2) is 17.9 Å². The Kier molecular flexibility index (Phi) is 5.70. The summed E-state index contributed by atoms with van der Waals surface area (Å²) in [5.74, 6) is 0. The average molecular weight is 276 g/mol. The molecule has 102 valence electrons. The van der Waals surface area contributed by atoms with E-state index in [1.807, 2.05) is 6.21 Å². The summed E-state index contributed by atoms with van der Waals surface area (Å²) in [4.78, 5) is 0. The first-order valence-corrected chi connectivity index (χ1v) is 6.68. The number of hydrogen-bond acceptors (Lipinski definition) is 1. The number of hydrogen-bond donors (Lipinski definition) is 3. The van der Waals surface area contributed by atoms with Crippen molar-refractivity contribution in [1.82, 2.24) is 10.7 Å². The van der Waals surface area contributed by atoms with Crippen LogP contribution in [0.5, 0.6) is 0 Å². The largest absolute Gasteiger partial charge is 0.355 e. The van der Waals surface area contributed by atoms with Crippen molar-refractivity contribution >= 4 is 23.5 Å². The molecule has 0 fully saturated rings. The molecule has 0 heterocycles. The third-order valence-corrected chi connectivity index (χ3v) is 2.85. The monoisotopic (exact) mass is 276 g/mol. The molecular weight excluding hydrogens is 254 g/mol. The highest BCUT2D eigenvalue weighted by Crippen LogP contribution is 2.21. The number of hydrazone groups is 1. The van der Waals surface area contributed by atoms with Gasteiger partial charge in [-0.05, 0) is 35.3 Å². The van der Waals surface area contributed by atoms with Crippen molar-refractivity contribution in [3.63, 3.8) is 0 Å². The molecule has 0 aliphatic heterocycles. The topological polar surface area (TPSA) is 38.0 Å². The lowest BCUT2D eigenvalue weighted by atomic mass is 9.87. The maximum atomic E-state index is 5.05. The molecule has 1 rings (SSSR count). The molecule has 0 unspecified atom stereocenters. The van der Waals surface area contributed by atoms with Crippen molar-refractivity contribution in [2.75, 3.05) is 6.54 Å². The standard InChI is InChI=1S/C15H21N3S/c1-5-10-16-14(19)18-17-11-12-6-8-13(9-7-12)15(2,3)4/h5-9,11H,1,10H2,2-4H3,(H2,16,18,19)/p+1. The summed E-state index contributed by atoms with van der Waals surface area (Å²) < 4.78 is 0. The third-order valence-electron chi connectivity index (χ3n) is 2.61. The van der Waals surface area contributed by atoms with Gasteiger partial charge in [0.2, 0.25) is 5.11 Å². The second kappa shape index (κ2) is 7.04. The van der Waals surface area contributed by atoms with E-state index in [9.17, 15) is 0 Å². The molecular formula is C15H22N3S+. The first-order valence-electron chi connectivity index (χ1n) is 6.27. The minimum absolute atomic E-state index is 0.181. The maximum absolute atomic E-state index is 5.05. The van der Waals surface area contributed by atoms with Crippen LogP contribution in [0.2, 0.25) is 0 Å². The summed E-state index contributed by atoms with van der Waals surface area (Å²) in [6, 6.07) is 8.44. The molecule has 0 saturated heterocycles. The van der Waals surface area contributed by atoms with Gasteiger partial charge in [0.05, 0.1) is 0 Å². The second-order valence-electron chi connectivity index (χ2n) is 5.28. The van der Waals surface area contributed by atoms with E-state index in [1.54, 1.807) is 6.08 Å². The number of nitrogens with one attached hydrogen (secondary N) is 3. The zero-order valence-electron chi connectivity index (χ0n) is 11.8. The fourth-order valence-corrected chi connectivity index (χ4v) is 1.62. The van der Waals surface area contributed by atoms with Gasteiger partial charge in [-0.1, -0.05) is 39.0 Å². The SMILES string of the molecule is C=CCNC(=S)N[NH+]=Cc1ccc(C(C)(C)C)cc1. The smallest absolute Gasteiger partial charge is 0.224 e. The van der Waals surface area contributed by atoms with Gasteiger partial charge < -0.3 is 5.32 Å². The molecule has 0 saturated carbocycles. The zero-order chi connectivity index (χ0) is 14.3. The van der Waals surface area contributed by atoms with Gasteiger partial charge in [0.15, 0.2) is 6.21 Å². The molecule has 3 N–H and O–H groups in total. The van der Waals surface area contributed by atoms with E-state index in [4.69, 9.17) is 12.2 Å². The normalized spacial score (nSPS) is 11.3. The van der Waals surface area contributed by atoms with Crippen LogP contribution in [0.4, 0.5) is 0 Å². The average Bonchev–Trinajstić information content (AvgIpc) is 2.36. The van der Waals surface area contributed by atoms with Gasteiger partial charge in [-0.15, -0.1) is 17.1 Å². The van der Waals surface area contributed by atoms with Crippen LogP contribution < -0.4 is 15.8 Å². The molecule has 0 spiro atoms. The first-order chi connectivity index (χ1) is 8.93. The Hall–Kier alpha value is -1.68. The van der Waals surface area contributed by atoms with E-state index < -0.39 is 0 Å². The summed E-state index contributed by atoms with van der Waals surface area (Å²) in [6.45, 7) is 10.9. The van der Waals surface area contributed by atoms with Gasteiger partial charge in [-0.2, -0.15) is 0 Å². The second-order valence-corrected chi connectivity index (χ2v) is 5.69. The Morgan fingerprint density at radius 3 is 2.47 bits per heavy atom. The number of hydrazine groups is 1. The van der Waals surface area contributed by atoms with Gasteiger partial charge in [0.25, 0.3) is 0 Å². The molecule has 0 amide bonds. The van der Waals surface area contributed by atoms with Crippen LogP contribution in [0.3, 0.4) is 0 Å². The Labute approximate surface area is 120 Å². The van der Waals surface area contributed by atoms with Crippen LogP contribution in [0.1, 0.15) is 31.9 Å². The van der Waals surface area contributed by atoms with E-state index in [0.29, 0.717) is 11.7 Å². The van der Waals surface area contributed by atoms with Crippen molar-refractivity contribution in [1.29, 1.82) is 0 Å². The van der Waals surface area contributed by atoms with E-state index >= 15 is 0 Å². The molecule has 1 aromatic rings. The van der Waals surface area contributed by atoms with Crippen LogP contribution in [0.15, 0.2) is 36.9 Å². The molecule has 4 heteroatoms. The summed E-state index contributed by atoms with van der Waals surface area (Å²) in [5.41, 5.74) is 5.47. The molecule has 1 aromatic carbocycles. The van der Waals surface area contributed by atoms with Crippen molar-refractivity contribution in [2.24, 2.45) is 0 Å². The Balaban J connectivity index is 2.54. The zero-order valence-corrected chi connectivity index (χ0v) is 12.6. The van der Waals surface area contributed by atoms with E-state index in [1.165, 1.54) is 5.56 Å². The molecule has 0 aliphatic carbocycles. The van der Waals surface area contributed by atoms with E-state index in [0.717, 1.165) is 5.56 Å². The first kappa shape index (κ1) is 15.4. The highest BCUT2D eigenvalue weighted by molar-refractivity contribution is 7.80. The number of rotatable bonds is 4. The lowest BCUT2D eigenvalue weighted by Crippen LogP contribution is -2.82. The van der Waals surface area contributed by atoms with Crippen molar-refractivity contribution in [2.45, 2.75) is 26.2 Å². The lowest BCUT2D eigenvalue weighted by Gasteiger charge is -2.18. The quantitative estimate of drug-likeness (QED) is 0.333. The van der Waals surface area contributed by atoms with Gasteiger partial charge in [-0.3, -0.25) is 0 Å². The molecule has 19 heavy (non-hydrogen) atoms. The van der Waals surface area contributed by atoms with Crippen LogP contribution in [0.25, 0.3) is 0 Å². The maximum Gasteiger partial charge on any atom is 0.224 e. The predicted molar refractivity (Wildman–Crippen MR) is 85.2 cm³/mol. The fourth-order valence-electron chi connectivity index (χ4n) is 1.47. The Morgan fingerprint density at radius 1 is 1.32 bits per heavy atom. The van der Waals surface area contributed by atoms with Gasteiger partial charge in [0, 0.05) is 12.1 Å². The fraction of sp³-hybridized carbons (Fsp3) is 0.333. The van der Waals surface area contributed by atoms with Gasteiger partial charge in [0.1, 0.15) is 0 Å². The van der Waals surface area contributed by atoms with Crippen molar-refractivity contribution in [3.8, 4) is 0 Å². The molecule has 0 bridgehead atoms. The molecule has 0 radical (unpaired) electrons. The van der Waals surface area contributed by atoms with E-state index in [-0.39, 0.29) is 5.41 Å². The Bertz CT molecular complexity index is 455. The summed E-state index contributed by atoms with van der Waals surface area (Å²) >= 11 is 5.05. The van der Waals surface area contributed by atoms with Crippen molar-refractivity contribution in [3.05, 3.63) is 48.0 Å². The van der Waals surface area contributed by atoms with Gasteiger partial charge >= 0.3 is 0 Å². The van der Waals surface area contributed by atoms with Crippen LogP contribution in [0, 0.1) is 0 Å². The molecule has 0 aromatic heterocycles. The van der Waals surface area contributed by atoms with Crippen LogP contribution >= 0.6 is 12.2 Å². The van der Waals surface area contributed by atoms with Gasteiger partial charge in [-0.25, -0.2) is 0 Å². The Morgan fingerprint density at radius 2 is 1.95 bits per heavy atom. The number of thiocarbonyl (C=S) groups is 1. The highest BCUT2D eigenvalue weighted by atomic mass is 32.1. The minimum atomic E-state index is 0.181. The minimum Gasteiger partial charge on any atom is -0.355 e. The molecule has 3 nitrogen and oxygen atoms in total. The van der Waals surface area contributed by atoms with E-state index in [2.05, 4.69) is 67.5 Å². The highest BCUT2D eigenvalue weighted by Gasteiger charge is 2.12. The predicted octanol–water partition coefficient (Wildman–Crippen LogP) is 1.05. The van der Waals surface area contributed by atoms with Crippen LogP contribution in [-0.2, 0) is 5.41 Å². The molecule has 0 aliphatic rings. The summed E-state index contributed by atoms with van der Waals surface area (Å²) in [7, 11) is 0. The molecule has 0 atom stereocenters. The third kappa shape index (κ3) is 5.66. The van der Waals surface area contributed by atoms with Crippen molar-refractivity contribution < 1.29 is 5.10 Å². The lowest BCUT2D eigenvalue weighted by molar-refractivity contribution is -0.500.